The van der Waals surface area contributed by atoms with Crippen LogP contribution >= 0.6 is 0 Å². The van der Waals surface area contributed by atoms with E-state index in [1.807, 2.05) is 0 Å². The van der Waals surface area contributed by atoms with Crippen LogP contribution in [0.3, 0.4) is 0 Å². The van der Waals surface area contributed by atoms with Gasteiger partial charge in [-0.3, -0.25) is 4.99 Å². The topological polar surface area (TPSA) is 21.6 Å². The first-order chi connectivity index (χ1) is 7.81. The van der Waals surface area contributed by atoms with Crippen LogP contribution in [0.1, 0.15) is 51.9 Å². The van der Waals surface area contributed by atoms with Crippen LogP contribution in [0.25, 0.3) is 0 Å². The Hall–Kier alpha value is -0.530. The van der Waals surface area contributed by atoms with Crippen molar-refractivity contribution in [3.8, 4) is 0 Å². The first kappa shape index (κ1) is 11.9. The van der Waals surface area contributed by atoms with Gasteiger partial charge in [-0.05, 0) is 37.5 Å². The summed E-state index contributed by atoms with van der Waals surface area (Å²) in [6.07, 6.45) is 9.43. The van der Waals surface area contributed by atoms with E-state index in [9.17, 15) is 0 Å². The minimum atomic E-state index is 0.625. The number of methoxy groups -OCH3 is 1. The van der Waals surface area contributed by atoms with Crippen molar-refractivity contribution in [2.24, 2.45) is 22.7 Å². The zero-order valence-electron chi connectivity index (χ0n) is 10.7. The van der Waals surface area contributed by atoms with E-state index in [1.165, 1.54) is 44.9 Å². The van der Waals surface area contributed by atoms with Crippen LogP contribution in [-0.2, 0) is 4.74 Å². The quantitative estimate of drug-likeness (QED) is 0.665. The number of rotatable bonds is 1. The lowest BCUT2D eigenvalue weighted by Crippen LogP contribution is -2.28. The van der Waals surface area contributed by atoms with Gasteiger partial charge < -0.3 is 4.74 Å². The van der Waals surface area contributed by atoms with Gasteiger partial charge in [0, 0.05) is 12.5 Å². The van der Waals surface area contributed by atoms with Crippen molar-refractivity contribution in [3.63, 3.8) is 0 Å². The average Bonchev–Trinajstić information content (AvgIpc) is 2.55. The Balaban J connectivity index is 1.99. The molecule has 0 aromatic heterocycles. The third-order valence-corrected chi connectivity index (χ3v) is 4.35. The molecule has 2 rings (SSSR count). The smallest absolute Gasteiger partial charge is 0.186 e. The number of hydrogen-bond donors (Lipinski definition) is 0. The van der Waals surface area contributed by atoms with E-state index in [0.29, 0.717) is 5.92 Å². The molecule has 0 N–H and O–H groups in total. The van der Waals surface area contributed by atoms with E-state index in [4.69, 9.17) is 4.74 Å². The summed E-state index contributed by atoms with van der Waals surface area (Å²) in [6, 6.07) is 0. The van der Waals surface area contributed by atoms with E-state index < -0.39 is 0 Å². The molecule has 2 heteroatoms. The third-order valence-electron chi connectivity index (χ3n) is 4.35. The van der Waals surface area contributed by atoms with Crippen molar-refractivity contribution < 1.29 is 4.74 Å². The zero-order chi connectivity index (χ0) is 11.4. The summed E-state index contributed by atoms with van der Waals surface area (Å²) in [5, 5.41) is 0. The van der Waals surface area contributed by atoms with Crippen LogP contribution in [0.5, 0.6) is 0 Å². The van der Waals surface area contributed by atoms with Gasteiger partial charge in [0.05, 0.1) is 7.11 Å². The molecule has 0 bridgehead atoms. The molecule has 1 aliphatic carbocycles. The molecule has 2 aliphatic rings. The normalized spacial score (nSPS) is 36.4. The molecule has 0 radical (unpaired) electrons. The first-order valence-electron chi connectivity index (χ1n) is 6.89. The van der Waals surface area contributed by atoms with Gasteiger partial charge in [0.1, 0.15) is 0 Å². The second-order valence-corrected chi connectivity index (χ2v) is 5.55. The fourth-order valence-corrected chi connectivity index (χ4v) is 3.25. The summed E-state index contributed by atoms with van der Waals surface area (Å²) < 4.78 is 5.51. The Bertz CT molecular complexity index is 241. The summed E-state index contributed by atoms with van der Waals surface area (Å²) in [5.41, 5.74) is 0. The van der Waals surface area contributed by atoms with Crippen LogP contribution < -0.4 is 0 Å². The predicted octanol–water partition coefficient (Wildman–Crippen LogP) is 3.66. The number of nitrogens with zero attached hydrogens (tertiary/aromatic N) is 1. The van der Waals surface area contributed by atoms with Crippen molar-refractivity contribution in [2.75, 3.05) is 13.7 Å². The molecule has 1 unspecified atom stereocenters. The lowest BCUT2D eigenvalue weighted by atomic mass is 9.75. The highest BCUT2D eigenvalue weighted by Gasteiger charge is 2.30. The molecule has 1 fully saturated rings. The molecule has 0 aromatic carbocycles. The van der Waals surface area contributed by atoms with Gasteiger partial charge in [-0.1, -0.05) is 26.2 Å². The molecule has 1 aliphatic heterocycles. The Labute approximate surface area is 99.5 Å². The third kappa shape index (κ3) is 2.78. The molecule has 2 nitrogen and oxygen atoms in total. The van der Waals surface area contributed by atoms with E-state index in [2.05, 4.69) is 11.9 Å². The SMILES string of the molecule is COC1=NCCCCC1C1CCC(C)CC1. The maximum Gasteiger partial charge on any atom is 0.186 e. The highest BCUT2D eigenvalue weighted by Crippen LogP contribution is 2.36. The largest absolute Gasteiger partial charge is 0.484 e. The molecule has 1 atom stereocenters. The molecule has 92 valence electrons. The molecular weight excluding hydrogens is 198 g/mol. The first-order valence-corrected chi connectivity index (χ1v) is 6.89. The van der Waals surface area contributed by atoms with E-state index in [1.54, 1.807) is 7.11 Å². The van der Waals surface area contributed by atoms with Gasteiger partial charge in [-0.2, -0.15) is 0 Å². The average molecular weight is 223 g/mol. The molecule has 1 saturated carbocycles. The van der Waals surface area contributed by atoms with Crippen LogP contribution in [-0.4, -0.2) is 19.6 Å². The number of hydrogen-bond acceptors (Lipinski definition) is 2. The summed E-state index contributed by atoms with van der Waals surface area (Å²) >= 11 is 0. The Kier molecular flexibility index (Phi) is 4.25. The van der Waals surface area contributed by atoms with Gasteiger partial charge in [0.25, 0.3) is 0 Å². The highest BCUT2D eigenvalue weighted by molar-refractivity contribution is 5.79. The van der Waals surface area contributed by atoms with E-state index in [-0.39, 0.29) is 0 Å². The van der Waals surface area contributed by atoms with Crippen LogP contribution in [0.15, 0.2) is 4.99 Å². The summed E-state index contributed by atoms with van der Waals surface area (Å²) in [7, 11) is 1.79. The maximum absolute atomic E-state index is 5.51. The van der Waals surface area contributed by atoms with Gasteiger partial charge in [0.15, 0.2) is 5.90 Å². The van der Waals surface area contributed by atoms with Crippen molar-refractivity contribution in [2.45, 2.75) is 51.9 Å². The van der Waals surface area contributed by atoms with Gasteiger partial charge in [0.2, 0.25) is 0 Å². The molecular formula is C14H25NO. The number of aliphatic imine (C=N–C) groups is 1. The summed E-state index contributed by atoms with van der Waals surface area (Å²) in [6.45, 7) is 3.36. The van der Waals surface area contributed by atoms with E-state index in [0.717, 1.165) is 24.3 Å². The van der Waals surface area contributed by atoms with Crippen molar-refractivity contribution in [1.29, 1.82) is 0 Å². The summed E-state index contributed by atoms with van der Waals surface area (Å²) in [4.78, 5) is 4.61. The van der Waals surface area contributed by atoms with Crippen molar-refractivity contribution in [3.05, 3.63) is 0 Å². The monoisotopic (exact) mass is 223 g/mol. The molecule has 1 heterocycles. The van der Waals surface area contributed by atoms with Crippen LogP contribution in [0.4, 0.5) is 0 Å². The van der Waals surface area contributed by atoms with Crippen LogP contribution in [0.2, 0.25) is 0 Å². The molecule has 0 saturated heterocycles. The standard InChI is InChI=1S/C14H25NO/c1-11-6-8-12(9-7-11)13-5-3-4-10-15-14(13)16-2/h11-13H,3-10H2,1-2H3. The van der Waals surface area contributed by atoms with Gasteiger partial charge in [-0.25, -0.2) is 0 Å². The number of ether oxygens (including phenoxy) is 1. The second-order valence-electron chi connectivity index (χ2n) is 5.55. The fraction of sp³-hybridized carbons (Fsp3) is 0.929. The summed E-state index contributed by atoms with van der Waals surface area (Å²) in [5.74, 6) is 3.45. The van der Waals surface area contributed by atoms with Crippen molar-refractivity contribution >= 4 is 5.90 Å². The van der Waals surface area contributed by atoms with E-state index >= 15 is 0 Å². The highest BCUT2D eigenvalue weighted by atomic mass is 16.5. The Morgan fingerprint density at radius 3 is 2.50 bits per heavy atom. The predicted molar refractivity (Wildman–Crippen MR) is 67.8 cm³/mol. The molecule has 0 amide bonds. The minimum Gasteiger partial charge on any atom is -0.484 e. The lowest BCUT2D eigenvalue weighted by molar-refractivity contribution is 0.219. The maximum atomic E-state index is 5.51. The molecule has 16 heavy (non-hydrogen) atoms. The fourth-order valence-electron chi connectivity index (χ4n) is 3.25. The Morgan fingerprint density at radius 1 is 1.06 bits per heavy atom. The zero-order valence-corrected chi connectivity index (χ0v) is 10.7. The minimum absolute atomic E-state index is 0.625. The second kappa shape index (κ2) is 5.70. The van der Waals surface area contributed by atoms with Crippen molar-refractivity contribution in [1.82, 2.24) is 0 Å². The lowest BCUT2D eigenvalue weighted by Gasteiger charge is -2.32. The molecule has 0 spiro atoms. The van der Waals surface area contributed by atoms with Gasteiger partial charge in [-0.15, -0.1) is 0 Å². The molecule has 0 aromatic rings. The Morgan fingerprint density at radius 2 is 1.81 bits per heavy atom. The van der Waals surface area contributed by atoms with Gasteiger partial charge >= 0.3 is 0 Å². The van der Waals surface area contributed by atoms with Crippen LogP contribution in [0, 0.1) is 17.8 Å².